The van der Waals surface area contributed by atoms with Crippen LogP contribution in [0.1, 0.15) is 25.7 Å². The summed E-state index contributed by atoms with van der Waals surface area (Å²) in [6, 6.07) is 0. The molecule has 6 heteroatoms. The lowest BCUT2D eigenvalue weighted by Crippen LogP contribution is -2.34. The number of nitrogens with zero attached hydrogens (tertiary/aromatic N) is 1. The molecule has 0 bridgehead atoms. The largest absolute Gasteiger partial charge is 0.388 e. The van der Waals surface area contributed by atoms with E-state index in [0.717, 1.165) is 25.7 Å². The average Bonchev–Trinajstić information content (AvgIpc) is 2.68. The molecular formula is C10H14ClN3O2. The maximum Gasteiger partial charge on any atom is 0.271 e. The Hall–Kier alpha value is -1.07. The Kier molecular flexibility index (Phi) is 3.16. The molecule has 0 unspecified atom stereocenters. The molecule has 0 radical (unpaired) electrons. The topological polar surface area (TPSA) is 78.0 Å². The van der Waals surface area contributed by atoms with Crippen molar-refractivity contribution in [1.82, 2.24) is 9.97 Å². The first kappa shape index (κ1) is 11.4. The molecule has 0 aromatic carbocycles. The van der Waals surface area contributed by atoms with Crippen LogP contribution in [-0.4, -0.2) is 27.2 Å². The van der Waals surface area contributed by atoms with Gasteiger partial charge in [-0.3, -0.25) is 4.79 Å². The molecule has 5 nitrogen and oxygen atoms in total. The number of aromatic nitrogens is 2. The Labute approximate surface area is 97.9 Å². The van der Waals surface area contributed by atoms with Crippen molar-refractivity contribution in [3.63, 3.8) is 0 Å². The molecule has 16 heavy (non-hydrogen) atoms. The summed E-state index contributed by atoms with van der Waals surface area (Å²) in [6.45, 7) is 0.378. The molecule has 1 heterocycles. The van der Waals surface area contributed by atoms with Gasteiger partial charge in [0.15, 0.2) is 5.82 Å². The zero-order valence-corrected chi connectivity index (χ0v) is 9.55. The smallest absolute Gasteiger partial charge is 0.271 e. The highest BCUT2D eigenvalue weighted by atomic mass is 35.5. The van der Waals surface area contributed by atoms with E-state index in [2.05, 4.69) is 15.3 Å². The molecule has 0 saturated heterocycles. The van der Waals surface area contributed by atoms with Crippen molar-refractivity contribution in [3.05, 3.63) is 21.7 Å². The second kappa shape index (κ2) is 4.43. The fraction of sp³-hybridized carbons (Fsp3) is 0.600. The summed E-state index contributed by atoms with van der Waals surface area (Å²) < 4.78 is 0. The predicted octanol–water partition coefficient (Wildman–Crippen LogP) is 1.14. The highest BCUT2D eigenvalue weighted by Gasteiger charge is 2.31. The highest BCUT2D eigenvalue weighted by Crippen LogP contribution is 2.29. The first-order valence-corrected chi connectivity index (χ1v) is 5.68. The molecule has 1 aliphatic rings. The number of nitrogens with one attached hydrogen (secondary N) is 2. The molecule has 1 aromatic rings. The lowest BCUT2D eigenvalue weighted by atomic mass is 10.0. The van der Waals surface area contributed by atoms with Gasteiger partial charge in [0.05, 0.1) is 11.9 Å². The van der Waals surface area contributed by atoms with Crippen molar-refractivity contribution in [3.8, 4) is 0 Å². The Morgan fingerprint density at radius 1 is 1.56 bits per heavy atom. The summed E-state index contributed by atoms with van der Waals surface area (Å²) in [7, 11) is 0. The van der Waals surface area contributed by atoms with Crippen LogP contribution in [0.4, 0.5) is 5.82 Å². The van der Waals surface area contributed by atoms with Gasteiger partial charge >= 0.3 is 0 Å². The molecule has 0 spiro atoms. The molecule has 1 aromatic heterocycles. The molecule has 0 amide bonds. The summed E-state index contributed by atoms with van der Waals surface area (Å²) >= 11 is 5.77. The molecule has 1 saturated carbocycles. The van der Waals surface area contributed by atoms with Gasteiger partial charge in [0.25, 0.3) is 5.56 Å². The number of rotatable bonds is 3. The Balaban J connectivity index is 2.04. The summed E-state index contributed by atoms with van der Waals surface area (Å²) in [5, 5.41) is 13.0. The predicted molar refractivity (Wildman–Crippen MR) is 61.8 cm³/mol. The lowest BCUT2D eigenvalue weighted by molar-refractivity contribution is 0.0614. The van der Waals surface area contributed by atoms with Crippen molar-refractivity contribution in [2.24, 2.45) is 0 Å². The van der Waals surface area contributed by atoms with Crippen LogP contribution < -0.4 is 10.9 Å². The average molecular weight is 244 g/mol. The first-order chi connectivity index (χ1) is 7.61. The molecule has 1 fully saturated rings. The minimum absolute atomic E-state index is 0.0316. The van der Waals surface area contributed by atoms with Crippen LogP contribution in [0.25, 0.3) is 0 Å². The summed E-state index contributed by atoms with van der Waals surface area (Å²) in [5.41, 5.74) is -1.06. The van der Waals surface area contributed by atoms with E-state index in [9.17, 15) is 9.90 Å². The maximum atomic E-state index is 11.2. The quantitative estimate of drug-likeness (QED) is 0.744. The number of aromatic amines is 1. The number of halogens is 1. The van der Waals surface area contributed by atoms with Crippen molar-refractivity contribution < 1.29 is 5.11 Å². The number of hydrogen-bond donors (Lipinski definition) is 3. The molecule has 2 rings (SSSR count). The molecule has 0 atom stereocenters. The van der Waals surface area contributed by atoms with E-state index in [0.29, 0.717) is 12.4 Å². The van der Waals surface area contributed by atoms with Crippen LogP contribution >= 0.6 is 11.6 Å². The molecule has 3 N–H and O–H groups in total. The van der Waals surface area contributed by atoms with Gasteiger partial charge in [-0.05, 0) is 12.8 Å². The maximum absolute atomic E-state index is 11.2. The number of hydrogen-bond acceptors (Lipinski definition) is 4. The van der Waals surface area contributed by atoms with E-state index in [1.54, 1.807) is 0 Å². The van der Waals surface area contributed by atoms with Gasteiger partial charge in [-0.25, -0.2) is 4.98 Å². The number of aliphatic hydroxyl groups is 1. The highest BCUT2D eigenvalue weighted by molar-refractivity contribution is 6.32. The van der Waals surface area contributed by atoms with E-state index < -0.39 is 5.60 Å². The van der Waals surface area contributed by atoms with Gasteiger partial charge in [-0.2, -0.15) is 0 Å². The fourth-order valence-corrected chi connectivity index (χ4v) is 2.13. The van der Waals surface area contributed by atoms with Crippen molar-refractivity contribution in [2.75, 3.05) is 11.9 Å². The van der Waals surface area contributed by atoms with E-state index in [1.165, 1.54) is 6.33 Å². The van der Waals surface area contributed by atoms with E-state index in [1.807, 2.05) is 0 Å². The zero-order valence-electron chi connectivity index (χ0n) is 8.79. The third-order valence-electron chi connectivity index (χ3n) is 2.92. The van der Waals surface area contributed by atoms with Crippen LogP contribution in [-0.2, 0) is 0 Å². The van der Waals surface area contributed by atoms with E-state index in [4.69, 9.17) is 11.6 Å². The number of H-pyrrole nitrogens is 1. The van der Waals surface area contributed by atoms with Gasteiger partial charge in [-0.15, -0.1) is 0 Å². The zero-order chi connectivity index (χ0) is 11.6. The third-order valence-corrected chi connectivity index (χ3v) is 3.27. The first-order valence-electron chi connectivity index (χ1n) is 5.30. The van der Waals surface area contributed by atoms with Gasteiger partial charge in [0.1, 0.15) is 5.02 Å². The standard InChI is InChI=1S/C10H14ClN3O2/c11-7-8(13-6-14-9(7)15)12-5-10(16)3-1-2-4-10/h6,16H,1-5H2,(H2,12,13,14,15). The minimum atomic E-state index is -0.687. The van der Waals surface area contributed by atoms with Crippen LogP contribution in [0.15, 0.2) is 11.1 Å². The van der Waals surface area contributed by atoms with Crippen LogP contribution in [0.3, 0.4) is 0 Å². The SMILES string of the molecule is O=c1[nH]cnc(NCC2(O)CCCC2)c1Cl. The monoisotopic (exact) mass is 243 g/mol. The van der Waals surface area contributed by atoms with Gasteiger partial charge in [0.2, 0.25) is 0 Å². The summed E-state index contributed by atoms with van der Waals surface area (Å²) in [6.07, 6.45) is 4.92. The summed E-state index contributed by atoms with van der Waals surface area (Å²) in [5.74, 6) is 0.325. The van der Waals surface area contributed by atoms with Gasteiger partial charge in [-0.1, -0.05) is 24.4 Å². The van der Waals surface area contributed by atoms with E-state index >= 15 is 0 Å². The van der Waals surface area contributed by atoms with Crippen LogP contribution in [0.5, 0.6) is 0 Å². The van der Waals surface area contributed by atoms with Crippen molar-refractivity contribution in [2.45, 2.75) is 31.3 Å². The Morgan fingerprint density at radius 3 is 2.94 bits per heavy atom. The lowest BCUT2D eigenvalue weighted by Gasteiger charge is -2.22. The Bertz CT molecular complexity index is 426. The molecule has 88 valence electrons. The van der Waals surface area contributed by atoms with Crippen molar-refractivity contribution >= 4 is 17.4 Å². The fourth-order valence-electron chi connectivity index (χ4n) is 1.96. The normalized spacial score (nSPS) is 18.6. The third kappa shape index (κ3) is 2.36. The second-order valence-corrected chi connectivity index (χ2v) is 4.56. The van der Waals surface area contributed by atoms with Crippen molar-refractivity contribution in [1.29, 1.82) is 0 Å². The van der Waals surface area contributed by atoms with Crippen LogP contribution in [0.2, 0.25) is 5.02 Å². The Morgan fingerprint density at radius 2 is 2.25 bits per heavy atom. The molecule has 0 aliphatic heterocycles. The number of anilines is 1. The minimum Gasteiger partial charge on any atom is -0.388 e. The second-order valence-electron chi connectivity index (χ2n) is 4.18. The molecular weight excluding hydrogens is 230 g/mol. The van der Waals surface area contributed by atoms with Crippen LogP contribution in [0, 0.1) is 0 Å². The van der Waals surface area contributed by atoms with Gasteiger partial charge in [0, 0.05) is 6.54 Å². The molecule has 1 aliphatic carbocycles. The summed E-state index contributed by atoms with van der Waals surface area (Å²) in [4.78, 5) is 17.5. The van der Waals surface area contributed by atoms with Gasteiger partial charge < -0.3 is 15.4 Å². The van der Waals surface area contributed by atoms with E-state index in [-0.39, 0.29) is 10.6 Å².